The molecule has 18 heavy (non-hydrogen) atoms. The molecule has 0 saturated carbocycles. The van der Waals surface area contributed by atoms with Gasteiger partial charge in [0.2, 0.25) is 5.91 Å². The maximum absolute atomic E-state index is 11.7. The van der Waals surface area contributed by atoms with Crippen LogP contribution in [0.15, 0.2) is 24.3 Å². The van der Waals surface area contributed by atoms with Crippen molar-refractivity contribution in [2.45, 2.75) is 19.8 Å². The zero-order valence-electron chi connectivity index (χ0n) is 10.3. The molecule has 98 valence electrons. The minimum absolute atomic E-state index is 0.0713. The van der Waals surface area contributed by atoms with Crippen molar-refractivity contribution in [2.75, 3.05) is 17.2 Å². The Kier molecular flexibility index (Phi) is 6.43. The van der Waals surface area contributed by atoms with Crippen LogP contribution in [0, 0.1) is 0 Å². The van der Waals surface area contributed by atoms with Gasteiger partial charge in [-0.25, -0.2) is 0 Å². The van der Waals surface area contributed by atoms with Gasteiger partial charge in [-0.1, -0.05) is 28.9 Å². The van der Waals surface area contributed by atoms with E-state index in [1.807, 2.05) is 6.92 Å². The van der Waals surface area contributed by atoms with Gasteiger partial charge < -0.3 is 10.6 Å². The highest BCUT2D eigenvalue weighted by Gasteiger charge is 2.06. The molecule has 0 aliphatic heterocycles. The first-order valence-electron chi connectivity index (χ1n) is 5.91. The Morgan fingerprint density at radius 3 is 2.78 bits per heavy atom. The van der Waals surface area contributed by atoms with Crippen molar-refractivity contribution >= 4 is 33.4 Å². The second-order valence-corrected chi connectivity index (χ2v) is 4.62. The van der Waals surface area contributed by atoms with Gasteiger partial charge in [-0.3, -0.25) is 9.59 Å². The molecule has 0 spiro atoms. The van der Waals surface area contributed by atoms with Gasteiger partial charge in [-0.2, -0.15) is 0 Å². The quantitative estimate of drug-likeness (QED) is 0.793. The molecule has 0 saturated heterocycles. The standard InChI is InChI=1S/C13H17BrN2O2/c1-2-8-15-13(18)10-4-3-5-11(9-10)16-12(17)6-7-14/h3-5,9H,2,6-8H2,1H3,(H,15,18)(H,16,17). The fraction of sp³-hybridized carbons (Fsp3) is 0.385. The molecular weight excluding hydrogens is 296 g/mol. The lowest BCUT2D eigenvalue weighted by atomic mass is 10.2. The highest BCUT2D eigenvalue weighted by atomic mass is 79.9. The Hall–Kier alpha value is -1.36. The minimum atomic E-state index is -0.117. The van der Waals surface area contributed by atoms with Crippen LogP contribution in [0.1, 0.15) is 30.1 Å². The largest absolute Gasteiger partial charge is 0.352 e. The lowest BCUT2D eigenvalue weighted by Gasteiger charge is -2.07. The molecular formula is C13H17BrN2O2. The van der Waals surface area contributed by atoms with E-state index < -0.39 is 0 Å². The Morgan fingerprint density at radius 1 is 1.33 bits per heavy atom. The molecule has 5 heteroatoms. The van der Waals surface area contributed by atoms with E-state index in [2.05, 4.69) is 26.6 Å². The fourth-order valence-electron chi connectivity index (χ4n) is 1.39. The van der Waals surface area contributed by atoms with Crippen LogP contribution in [-0.4, -0.2) is 23.7 Å². The van der Waals surface area contributed by atoms with Gasteiger partial charge in [0, 0.05) is 29.5 Å². The zero-order chi connectivity index (χ0) is 13.4. The molecule has 0 fully saturated rings. The number of hydrogen-bond acceptors (Lipinski definition) is 2. The number of carbonyl (C=O) groups is 2. The van der Waals surface area contributed by atoms with Gasteiger partial charge in [0.05, 0.1) is 0 Å². The fourth-order valence-corrected chi connectivity index (χ4v) is 1.75. The molecule has 0 aromatic heterocycles. The lowest BCUT2D eigenvalue weighted by molar-refractivity contribution is -0.115. The SMILES string of the molecule is CCCNC(=O)c1cccc(NC(=O)CCBr)c1. The number of hydrogen-bond donors (Lipinski definition) is 2. The summed E-state index contributed by atoms with van der Waals surface area (Å²) in [6, 6.07) is 6.93. The van der Waals surface area contributed by atoms with Gasteiger partial charge in [0.1, 0.15) is 0 Å². The summed E-state index contributed by atoms with van der Waals surface area (Å²) in [5.41, 5.74) is 1.20. The van der Waals surface area contributed by atoms with E-state index in [1.54, 1.807) is 24.3 Å². The Morgan fingerprint density at radius 2 is 2.11 bits per heavy atom. The van der Waals surface area contributed by atoms with Crippen molar-refractivity contribution in [1.82, 2.24) is 5.32 Å². The van der Waals surface area contributed by atoms with E-state index in [-0.39, 0.29) is 11.8 Å². The number of amides is 2. The first-order valence-corrected chi connectivity index (χ1v) is 7.03. The average Bonchev–Trinajstić information content (AvgIpc) is 2.36. The molecule has 0 atom stereocenters. The molecule has 0 bridgehead atoms. The zero-order valence-corrected chi connectivity index (χ0v) is 11.9. The van der Waals surface area contributed by atoms with E-state index in [0.717, 1.165) is 6.42 Å². The smallest absolute Gasteiger partial charge is 0.251 e. The topological polar surface area (TPSA) is 58.2 Å². The van der Waals surface area contributed by atoms with Gasteiger partial charge in [0.25, 0.3) is 5.91 Å². The van der Waals surface area contributed by atoms with E-state index in [4.69, 9.17) is 0 Å². The highest BCUT2D eigenvalue weighted by molar-refractivity contribution is 9.09. The lowest BCUT2D eigenvalue weighted by Crippen LogP contribution is -2.24. The van der Waals surface area contributed by atoms with E-state index in [9.17, 15) is 9.59 Å². The first-order chi connectivity index (χ1) is 8.67. The predicted molar refractivity (Wildman–Crippen MR) is 76.1 cm³/mol. The van der Waals surface area contributed by atoms with Crippen LogP contribution in [0.2, 0.25) is 0 Å². The van der Waals surface area contributed by atoms with Crippen LogP contribution in [0.4, 0.5) is 5.69 Å². The second kappa shape index (κ2) is 7.87. The minimum Gasteiger partial charge on any atom is -0.352 e. The number of alkyl halides is 1. The molecule has 0 aliphatic carbocycles. The molecule has 4 nitrogen and oxygen atoms in total. The summed E-state index contributed by atoms with van der Waals surface area (Å²) in [7, 11) is 0. The van der Waals surface area contributed by atoms with Crippen molar-refractivity contribution in [3.05, 3.63) is 29.8 Å². The van der Waals surface area contributed by atoms with Crippen molar-refractivity contribution in [3.63, 3.8) is 0 Å². The molecule has 0 heterocycles. The third-order valence-corrected chi connectivity index (χ3v) is 2.66. The number of benzene rings is 1. The molecule has 2 N–H and O–H groups in total. The van der Waals surface area contributed by atoms with Crippen LogP contribution in [-0.2, 0) is 4.79 Å². The Bertz CT molecular complexity index is 421. The van der Waals surface area contributed by atoms with Gasteiger partial charge in [-0.05, 0) is 24.6 Å². The van der Waals surface area contributed by atoms with Crippen molar-refractivity contribution in [2.24, 2.45) is 0 Å². The van der Waals surface area contributed by atoms with Gasteiger partial charge in [0.15, 0.2) is 0 Å². The highest BCUT2D eigenvalue weighted by Crippen LogP contribution is 2.11. The summed E-state index contributed by atoms with van der Waals surface area (Å²) in [6.45, 7) is 2.65. The van der Waals surface area contributed by atoms with Crippen molar-refractivity contribution in [1.29, 1.82) is 0 Å². The molecule has 0 radical (unpaired) electrons. The summed E-state index contributed by atoms with van der Waals surface area (Å²) in [4.78, 5) is 23.2. The summed E-state index contributed by atoms with van der Waals surface area (Å²) in [5.74, 6) is -0.188. The Balaban J connectivity index is 2.67. The van der Waals surface area contributed by atoms with Crippen LogP contribution < -0.4 is 10.6 Å². The normalized spacial score (nSPS) is 9.89. The Labute approximate surface area is 115 Å². The average molecular weight is 313 g/mol. The van der Waals surface area contributed by atoms with E-state index in [1.165, 1.54) is 0 Å². The summed E-state index contributed by atoms with van der Waals surface area (Å²) in [5, 5.41) is 6.16. The third kappa shape index (κ3) is 4.87. The maximum Gasteiger partial charge on any atom is 0.251 e. The van der Waals surface area contributed by atoms with Gasteiger partial charge >= 0.3 is 0 Å². The van der Waals surface area contributed by atoms with E-state index in [0.29, 0.717) is 29.5 Å². The van der Waals surface area contributed by atoms with Gasteiger partial charge in [-0.15, -0.1) is 0 Å². The number of halogens is 1. The molecule has 1 aromatic carbocycles. The first kappa shape index (κ1) is 14.7. The number of rotatable bonds is 6. The molecule has 0 unspecified atom stereocenters. The molecule has 0 aliphatic rings. The molecule has 1 aromatic rings. The maximum atomic E-state index is 11.7. The molecule has 1 rings (SSSR count). The monoisotopic (exact) mass is 312 g/mol. The summed E-state index contributed by atoms with van der Waals surface area (Å²) < 4.78 is 0. The van der Waals surface area contributed by atoms with Crippen LogP contribution in [0.25, 0.3) is 0 Å². The van der Waals surface area contributed by atoms with Crippen LogP contribution >= 0.6 is 15.9 Å². The van der Waals surface area contributed by atoms with E-state index >= 15 is 0 Å². The predicted octanol–water partition coefficient (Wildman–Crippen LogP) is 2.55. The number of anilines is 1. The molecule has 2 amide bonds. The van der Waals surface area contributed by atoms with Crippen LogP contribution in [0.3, 0.4) is 0 Å². The van der Waals surface area contributed by atoms with Crippen molar-refractivity contribution in [3.8, 4) is 0 Å². The number of carbonyl (C=O) groups excluding carboxylic acids is 2. The summed E-state index contributed by atoms with van der Waals surface area (Å²) >= 11 is 3.20. The number of nitrogens with one attached hydrogen (secondary N) is 2. The van der Waals surface area contributed by atoms with Crippen LogP contribution in [0.5, 0.6) is 0 Å². The second-order valence-electron chi connectivity index (χ2n) is 3.82. The third-order valence-electron chi connectivity index (χ3n) is 2.27. The summed E-state index contributed by atoms with van der Waals surface area (Å²) in [6.07, 6.45) is 1.31. The van der Waals surface area contributed by atoms with Crippen molar-refractivity contribution < 1.29 is 9.59 Å².